The average Bonchev–Trinajstić information content (AvgIpc) is 3.22. The van der Waals surface area contributed by atoms with Crippen molar-refractivity contribution in [3.63, 3.8) is 0 Å². The fourth-order valence-corrected chi connectivity index (χ4v) is 4.46. The summed E-state index contributed by atoms with van der Waals surface area (Å²) in [6.45, 7) is 3.54. The van der Waals surface area contributed by atoms with Crippen LogP contribution in [0.5, 0.6) is 0 Å². The molecule has 2 heterocycles. The third-order valence-electron chi connectivity index (χ3n) is 4.28. The molecule has 1 aliphatic rings. The van der Waals surface area contributed by atoms with Crippen molar-refractivity contribution in [3.8, 4) is 0 Å². The Morgan fingerprint density at radius 1 is 1.31 bits per heavy atom. The number of benzene rings is 1. The largest absolute Gasteiger partial charge is 0.445 e. The lowest BCUT2D eigenvalue weighted by Gasteiger charge is -2.18. The number of carbonyl (C=O) groups is 1. The van der Waals surface area contributed by atoms with Crippen LogP contribution in [0.1, 0.15) is 30.8 Å². The average molecular weight is 447 g/mol. The summed E-state index contributed by atoms with van der Waals surface area (Å²) in [5.41, 5.74) is 0.323. The van der Waals surface area contributed by atoms with E-state index in [9.17, 15) is 26.4 Å². The van der Waals surface area contributed by atoms with Crippen LogP contribution in [0.25, 0.3) is 0 Å². The van der Waals surface area contributed by atoms with Gasteiger partial charge in [-0.3, -0.25) is 19.8 Å². The molecule has 0 aliphatic carbocycles. The number of hydrogen-bond acceptors (Lipinski definition) is 7. The third-order valence-corrected chi connectivity index (χ3v) is 6.56. The topological polar surface area (TPSA) is 113 Å². The molecule has 0 unspecified atom stereocenters. The van der Waals surface area contributed by atoms with Crippen molar-refractivity contribution in [1.29, 1.82) is 0 Å². The minimum Gasteiger partial charge on any atom is -0.299 e. The SMILES string of the molecule is CC[C@H](C)[C@H](N=C1NS(=O)(=O)c2ccccc21)C(=O)Nc1nnc(C(F)(F)F)s1. The van der Waals surface area contributed by atoms with Gasteiger partial charge in [-0.15, -0.1) is 10.2 Å². The first-order chi connectivity index (χ1) is 13.5. The Labute approximate surface area is 168 Å². The number of anilines is 1. The fourth-order valence-electron chi connectivity index (χ4n) is 2.60. The van der Waals surface area contributed by atoms with Gasteiger partial charge in [0, 0.05) is 5.56 Å². The molecule has 1 amide bonds. The number of amides is 1. The second-order valence-electron chi connectivity index (χ2n) is 6.31. The molecule has 8 nitrogen and oxygen atoms in total. The fraction of sp³-hybridized carbons (Fsp3) is 0.375. The molecule has 2 atom stereocenters. The van der Waals surface area contributed by atoms with Gasteiger partial charge in [0.1, 0.15) is 11.9 Å². The molecular formula is C16H16F3N5O3S2. The van der Waals surface area contributed by atoms with E-state index in [1.165, 1.54) is 6.07 Å². The van der Waals surface area contributed by atoms with Gasteiger partial charge in [-0.1, -0.05) is 43.7 Å². The Morgan fingerprint density at radius 3 is 2.62 bits per heavy atom. The quantitative estimate of drug-likeness (QED) is 0.732. The monoisotopic (exact) mass is 447 g/mol. The number of fused-ring (bicyclic) bond motifs is 1. The first-order valence-electron chi connectivity index (χ1n) is 8.44. The Kier molecular flexibility index (Phi) is 5.63. The Morgan fingerprint density at radius 2 is 2.00 bits per heavy atom. The van der Waals surface area contributed by atoms with Crippen LogP contribution < -0.4 is 10.0 Å². The molecular weight excluding hydrogens is 431 g/mol. The second-order valence-corrected chi connectivity index (χ2v) is 8.94. The van der Waals surface area contributed by atoms with Gasteiger partial charge >= 0.3 is 6.18 Å². The summed E-state index contributed by atoms with van der Waals surface area (Å²) < 4.78 is 64.8. The molecule has 0 fully saturated rings. The van der Waals surface area contributed by atoms with Crippen molar-refractivity contribution in [2.24, 2.45) is 10.9 Å². The molecule has 156 valence electrons. The van der Waals surface area contributed by atoms with Crippen LogP contribution in [0.3, 0.4) is 0 Å². The highest BCUT2D eigenvalue weighted by Gasteiger charge is 2.37. The maximum Gasteiger partial charge on any atom is 0.445 e. The minimum absolute atomic E-state index is 0.00861. The van der Waals surface area contributed by atoms with E-state index in [0.717, 1.165) is 0 Å². The van der Waals surface area contributed by atoms with Gasteiger partial charge < -0.3 is 0 Å². The van der Waals surface area contributed by atoms with Gasteiger partial charge in [0.25, 0.3) is 15.9 Å². The summed E-state index contributed by atoms with van der Waals surface area (Å²) in [6.07, 6.45) is -4.14. The summed E-state index contributed by atoms with van der Waals surface area (Å²) in [4.78, 5) is 17.0. The van der Waals surface area contributed by atoms with Gasteiger partial charge in [0.05, 0.1) is 4.90 Å². The number of halogens is 3. The first kappa shape index (κ1) is 21.2. The number of rotatable bonds is 5. The smallest absolute Gasteiger partial charge is 0.299 e. The van der Waals surface area contributed by atoms with Crippen molar-refractivity contribution in [2.75, 3.05) is 5.32 Å². The van der Waals surface area contributed by atoms with E-state index in [-0.39, 0.29) is 33.1 Å². The van der Waals surface area contributed by atoms with Gasteiger partial charge in [-0.2, -0.15) is 13.2 Å². The Balaban J connectivity index is 1.90. The highest BCUT2D eigenvalue weighted by molar-refractivity contribution is 7.90. The van der Waals surface area contributed by atoms with Crippen molar-refractivity contribution in [3.05, 3.63) is 34.8 Å². The van der Waals surface area contributed by atoms with E-state index >= 15 is 0 Å². The number of alkyl halides is 3. The second kappa shape index (κ2) is 7.71. The summed E-state index contributed by atoms with van der Waals surface area (Å²) in [7, 11) is -3.79. The van der Waals surface area contributed by atoms with Crippen molar-refractivity contribution in [1.82, 2.24) is 14.9 Å². The van der Waals surface area contributed by atoms with E-state index in [1.807, 2.05) is 6.92 Å². The lowest BCUT2D eigenvalue weighted by atomic mass is 9.99. The molecule has 0 radical (unpaired) electrons. The van der Waals surface area contributed by atoms with E-state index < -0.39 is 33.2 Å². The molecule has 29 heavy (non-hydrogen) atoms. The summed E-state index contributed by atoms with van der Waals surface area (Å²) in [6, 6.07) is 5.11. The maximum atomic E-state index is 12.7. The minimum atomic E-state index is -4.66. The molecule has 0 bridgehead atoms. The number of amidine groups is 1. The van der Waals surface area contributed by atoms with Crippen LogP contribution in [-0.4, -0.2) is 36.4 Å². The van der Waals surface area contributed by atoms with Gasteiger partial charge in [-0.25, -0.2) is 8.42 Å². The predicted molar refractivity (Wildman–Crippen MR) is 100 cm³/mol. The number of nitrogens with zero attached hydrogens (tertiary/aromatic N) is 3. The third kappa shape index (κ3) is 4.40. The summed E-state index contributed by atoms with van der Waals surface area (Å²) in [5.74, 6) is -1.02. The van der Waals surface area contributed by atoms with E-state index in [1.54, 1.807) is 25.1 Å². The van der Waals surface area contributed by atoms with Crippen molar-refractivity contribution < 1.29 is 26.4 Å². The Hall–Kier alpha value is -2.54. The predicted octanol–water partition coefficient (Wildman–Crippen LogP) is 2.65. The highest BCUT2D eigenvalue weighted by Crippen LogP contribution is 2.33. The zero-order valence-electron chi connectivity index (χ0n) is 15.2. The number of nitrogens with one attached hydrogen (secondary N) is 2. The lowest BCUT2D eigenvalue weighted by Crippen LogP contribution is -2.34. The van der Waals surface area contributed by atoms with Crippen molar-refractivity contribution >= 4 is 38.2 Å². The molecule has 0 spiro atoms. The number of sulfonamides is 1. The van der Waals surface area contributed by atoms with Crippen LogP contribution in [-0.2, 0) is 21.0 Å². The zero-order chi connectivity index (χ0) is 21.4. The number of aliphatic imine (C=N–C) groups is 1. The van der Waals surface area contributed by atoms with E-state index in [4.69, 9.17) is 0 Å². The molecule has 2 aromatic rings. The first-order valence-corrected chi connectivity index (χ1v) is 10.7. The number of hydrogen-bond donors (Lipinski definition) is 2. The molecule has 3 rings (SSSR count). The number of aromatic nitrogens is 2. The van der Waals surface area contributed by atoms with E-state index in [2.05, 4.69) is 25.2 Å². The Bertz CT molecular complexity index is 1070. The van der Waals surface area contributed by atoms with E-state index in [0.29, 0.717) is 12.0 Å². The molecule has 13 heteroatoms. The molecule has 2 N–H and O–H groups in total. The molecule has 1 aromatic carbocycles. The highest BCUT2D eigenvalue weighted by atomic mass is 32.2. The summed E-state index contributed by atoms with van der Waals surface area (Å²) in [5, 5.41) is 7.15. The van der Waals surface area contributed by atoms with Crippen LogP contribution >= 0.6 is 11.3 Å². The van der Waals surface area contributed by atoms with Gasteiger partial charge in [-0.05, 0) is 18.1 Å². The zero-order valence-corrected chi connectivity index (χ0v) is 16.8. The van der Waals surface area contributed by atoms with Crippen LogP contribution in [0.2, 0.25) is 0 Å². The van der Waals surface area contributed by atoms with Crippen LogP contribution in [0.4, 0.5) is 18.3 Å². The van der Waals surface area contributed by atoms with Crippen molar-refractivity contribution in [2.45, 2.75) is 37.4 Å². The standard InChI is InChI=1S/C16H16F3N5O3S2/c1-3-8(2)11(13(25)21-15-23-22-14(28-15)16(17,18)19)20-12-9-6-4-5-7-10(9)29(26,27)24-12/h4-8,11H,3H2,1-2H3,(H,20,24)(H,21,23,25)/t8-,11-/m0/s1. The molecule has 0 saturated carbocycles. The van der Waals surface area contributed by atoms with Crippen LogP contribution in [0, 0.1) is 5.92 Å². The normalized spacial score (nSPS) is 18.7. The molecule has 1 aromatic heterocycles. The summed E-state index contributed by atoms with van der Waals surface area (Å²) >= 11 is 0.197. The van der Waals surface area contributed by atoms with Gasteiger partial charge in [0.2, 0.25) is 10.1 Å². The molecule has 1 aliphatic heterocycles. The maximum absolute atomic E-state index is 12.7. The number of carbonyl (C=O) groups excluding carboxylic acids is 1. The molecule has 0 saturated heterocycles. The van der Waals surface area contributed by atoms with Gasteiger partial charge in [0.15, 0.2) is 0 Å². The lowest BCUT2D eigenvalue weighted by molar-refractivity contribution is -0.138. The van der Waals surface area contributed by atoms with Crippen LogP contribution in [0.15, 0.2) is 34.2 Å².